The summed E-state index contributed by atoms with van der Waals surface area (Å²) in [4.78, 5) is 11.6. The van der Waals surface area contributed by atoms with E-state index >= 15 is 0 Å². The van der Waals surface area contributed by atoms with Crippen molar-refractivity contribution in [2.75, 3.05) is 6.61 Å². The van der Waals surface area contributed by atoms with Crippen LogP contribution in [0.1, 0.15) is 18.9 Å². The molecule has 3 aromatic rings. The molecule has 0 aromatic heterocycles. The van der Waals surface area contributed by atoms with Crippen LogP contribution in [0.2, 0.25) is 0 Å². The molecule has 0 amide bonds. The van der Waals surface area contributed by atoms with Crippen LogP contribution in [0.3, 0.4) is 0 Å². The van der Waals surface area contributed by atoms with Crippen LogP contribution in [0.4, 0.5) is 0 Å². The van der Waals surface area contributed by atoms with Crippen LogP contribution in [0.25, 0.3) is 22.3 Å². The maximum absolute atomic E-state index is 11.6. The van der Waals surface area contributed by atoms with E-state index in [2.05, 4.69) is 72.8 Å². The lowest BCUT2D eigenvalue weighted by Crippen LogP contribution is -2.05. The van der Waals surface area contributed by atoms with Crippen LogP contribution < -0.4 is 0 Å². The van der Waals surface area contributed by atoms with Crippen LogP contribution in [0.15, 0.2) is 78.9 Å². The Balaban J connectivity index is 1.88. The molecule has 0 saturated heterocycles. The smallest absolute Gasteiger partial charge is 0.306 e. The van der Waals surface area contributed by atoms with E-state index < -0.39 is 0 Å². The van der Waals surface area contributed by atoms with Gasteiger partial charge in [-0.2, -0.15) is 0 Å². The summed E-state index contributed by atoms with van der Waals surface area (Å²) in [7, 11) is 0. The Kier molecular flexibility index (Phi) is 5.63. The molecule has 3 rings (SSSR count). The van der Waals surface area contributed by atoms with E-state index in [1.807, 2.05) is 13.0 Å². The SMILES string of the molecule is CCOC(=O)CCc1cccc(-c2ccccc2-c2ccccc2)c1. The molecule has 0 unspecified atom stereocenters. The number of hydrogen-bond acceptors (Lipinski definition) is 2. The van der Waals surface area contributed by atoms with Crippen molar-refractivity contribution in [3.63, 3.8) is 0 Å². The van der Waals surface area contributed by atoms with Crippen molar-refractivity contribution in [2.24, 2.45) is 0 Å². The summed E-state index contributed by atoms with van der Waals surface area (Å²) < 4.78 is 5.02. The molecule has 126 valence electrons. The van der Waals surface area contributed by atoms with Crippen molar-refractivity contribution in [2.45, 2.75) is 19.8 Å². The van der Waals surface area contributed by atoms with Gasteiger partial charge in [0.1, 0.15) is 0 Å². The summed E-state index contributed by atoms with van der Waals surface area (Å²) in [5, 5.41) is 0. The molecular formula is C23H22O2. The number of esters is 1. The zero-order valence-corrected chi connectivity index (χ0v) is 14.4. The van der Waals surface area contributed by atoms with Gasteiger partial charge < -0.3 is 4.74 Å². The van der Waals surface area contributed by atoms with E-state index in [0.29, 0.717) is 19.4 Å². The molecule has 0 aliphatic carbocycles. The lowest BCUT2D eigenvalue weighted by Gasteiger charge is -2.11. The highest BCUT2D eigenvalue weighted by molar-refractivity contribution is 5.83. The molecule has 0 saturated carbocycles. The van der Waals surface area contributed by atoms with Crippen molar-refractivity contribution >= 4 is 5.97 Å². The van der Waals surface area contributed by atoms with Crippen molar-refractivity contribution in [1.29, 1.82) is 0 Å². The van der Waals surface area contributed by atoms with Gasteiger partial charge in [-0.1, -0.05) is 78.9 Å². The maximum atomic E-state index is 11.6. The Hall–Kier alpha value is -2.87. The Morgan fingerprint density at radius 2 is 1.44 bits per heavy atom. The van der Waals surface area contributed by atoms with E-state index in [1.54, 1.807) is 0 Å². The average molecular weight is 330 g/mol. The molecule has 0 atom stereocenters. The molecule has 3 aromatic carbocycles. The minimum atomic E-state index is -0.141. The van der Waals surface area contributed by atoms with Gasteiger partial charge in [0.05, 0.1) is 6.61 Å². The van der Waals surface area contributed by atoms with E-state index in [4.69, 9.17) is 4.74 Å². The number of rotatable bonds is 6. The minimum absolute atomic E-state index is 0.141. The van der Waals surface area contributed by atoms with Gasteiger partial charge in [0.2, 0.25) is 0 Å². The van der Waals surface area contributed by atoms with E-state index in [-0.39, 0.29) is 5.97 Å². The fourth-order valence-electron chi connectivity index (χ4n) is 2.98. The number of aryl methyl sites for hydroxylation is 1. The first kappa shape index (κ1) is 17.0. The van der Waals surface area contributed by atoms with Crippen LogP contribution in [-0.4, -0.2) is 12.6 Å². The summed E-state index contributed by atoms with van der Waals surface area (Å²) >= 11 is 0. The second-order valence-electron chi connectivity index (χ2n) is 5.92. The number of carbonyl (C=O) groups excluding carboxylic acids is 1. The number of hydrogen-bond donors (Lipinski definition) is 0. The summed E-state index contributed by atoms with van der Waals surface area (Å²) in [5.41, 5.74) is 5.93. The molecule has 0 N–H and O–H groups in total. The van der Waals surface area contributed by atoms with Crippen LogP contribution in [0.5, 0.6) is 0 Å². The van der Waals surface area contributed by atoms with Crippen LogP contribution >= 0.6 is 0 Å². The third-order valence-electron chi connectivity index (χ3n) is 4.17. The highest BCUT2D eigenvalue weighted by Gasteiger charge is 2.08. The molecular weight excluding hydrogens is 308 g/mol. The highest BCUT2D eigenvalue weighted by atomic mass is 16.5. The van der Waals surface area contributed by atoms with Gasteiger partial charge in [-0.15, -0.1) is 0 Å². The largest absolute Gasteiger partial charge is 0.466 e. The topological polar surface area (TPSA) is 26.3 Å². The lowest BCUT2D eigenvalue weighted by atomic mass is 9.93. The molecule has 0 heterocycles. The van der Waals surface area contributed by atoms with Gasteiger partial charge >= 0.3 is 5.97 Å². The Morgan fingerprint density at radius 3 is 2.16 bits per heavy atom. The van der Waals surface area contributed by atoms with Gasteiger partial charge in [0.15, 0.2) is 0 Å². The molecule has 0 fully saturated rings. The summed E-state index contributed by atoms with van der Waals surface area (Å²) in [6.07, 6.45) is 1.11. The Bertz CT molecular complexity index is 837. The minimum Gasteiger partial charge on any atom is -0.466 e. The van der Waals surface area contributed by atoms with Gasteiger partial charge in [-0.3, -0.25) is 4.79 Å². The summed E-state index contributed by atoms with van der Waals surface area (Å²) in [5.74, 6) is -0.141. The van der Waals surface area contributed by atoms with E-state index in [0.717, 1.165) is 5.56 Å². The van der Waals surface area contributed by atoms with Crippen molar-refractivity contribution < 1.29 is 9.53 Å². The molecule has 2 heteroatoms. The third-order valence-corrected chi connectivity index (χ3v) is 4.17. The zero-order valence-electron chi connectivity index (χ0n) is 14.4. The Morgan fingerprint density at radius 1 is 0.800 bits per heavy atom. The predicted molar refractivity (Wildman–Crippen MR) is 102 cm³/mol. The van der Waals surface area contributed by atoms with Crippen molar-refractivity contribution in [1.82, 2.24) is 0 Å². The van der Waals surface area contributed by atoms with Crippen LogP contribution in [0, 0.1) is 0 Å². The summed E-state index contributed by atoms with van der Waals surface area (Å²) in [6.45, 7) is 2.27. The molecule has 0 spiro atoms. The second kappa shape index (κ2) is 8.29. The first-order valence-electron chi connectivity index (χ1n) is 8.67. The highest BCUT2D eigenvalue weighted by Crippen LogP contribution is 2.32. The molecule has 0 bridgehead atoms. The summed E-state index contributed by atoms with van der Waals surface area (Å²) in [6, 6.07) is 27.2. The molecule has 0 aliphatic rings. The number of benzene rings is 3. The quantitative estimate of drug-likeness (QED) is 0.557. The van der Waals surface area contributed by atoms with Gasteiger partial charge in [-0.25, -0.2) is 0 Å². The standard InChI is InChI=1S/C23H22O2/c1-2-25-23(24)16-15-18-9-8-12-20(17-18)22-14-7-6-13-21(22)19-10-4-3-5-11-19/h3-14,17H,2,15-16H2,1H3. The Labute approximate surface area is 149 Å². The molecule has 0 aliphatic heterocycles. The van der Waals surface area contributed by atoms with Gasteiger partial charge in [-0.05, 0) is 41.2 Å². The molecule has 2 nitrogen and oxygen atoms in total. The number of carbonyl (C=O) groups is 1. The fourth-order valence-corrected chi connectivity index (χ4v) is 2.98. The average Bonchev–Trinajstić information content (AvgIpc) is 2.68. The third kappa shape index (κ3) is 4.36. The lowest BCUT2D eigenvalue weighted by molar-refractivity contribution is -0.143. The van der Waals surface area contributed by atoms with Gasteiger partial charge in [0, 0.05) is 6.42 Å². The normalized spacial score (nSPS) is 10.4. The zero-order chi connectivity index (χ0) is 17.5. The van der Waals surface area contributed by atoms with Gasteiger partial charge in [0.25, 0.3) is 0 Å². The first-order chi connectivity index (χ1) is 12.3. The predicted octanol–water partition coefficient (Wildman–Crippen LogP) is 5.52. The molecule has 25 heavy (non-hydrogen) atoms. The first-order valence-corrected chi connectivity index (χ1v) is 8.67. The molecule has 0 radical (unpaired) electrons. The van der Waals surface area contributed by atoms with Crippen LogP contribution in [-0.2, 0) is 16.0 Å². The van der Waals surface area contributed by atoms with Crippen molar-refractivity contribution in [3.05, 3.63) is 84.4 Å². The van der Waals surface area contributed by atoms with E-state index in [9.17, 15) is 4.79 Å². The van der Waals surface area contributed by atoms with Crippen molar-refractivity contribution in [3.8, 4) is 22.3 Å². The van der Waals surface area contributed by atoms with E-state index in [1.165, 1.54) is 22.3 Å². The monoisotopic (exact) mass is 330 g/mol. The maximum Gasteiger partial charge on any atom is 0.306 e. The fraction of sp³-hybridized carbons (Fsp3) is 0.174. The number of ether oxygens (including phenoxy) is 1. The second-order valence-corrected chi connectivity index (χ2v) is 5.92.